The van der Waals surface area contributed by atoms with Gasteiger partial charge in [-0.05, 0) is 63.9 Å². The van der Waals surface area contributed by atoms with Gasteiger partial charge in [0.05, 0.1) is 10.4 Å². The summed E-state index contributed by atoms with van der Waals surface area (Å²) in [6.45, 7) is 0.697. The van der Waals surface area contributed by atoms with E-state index in [4.69, 9.17) is 23.2 Å². The number of benzene rings is 2. The number of carbonyl (C=O) groups is 1. The number of alkyl halides is 1. The molecule has 108 valence electrons. The second-order valence-electron chi connectivity index (χ2n) is 4.96. The van der Waals surface area contributed by atoms with Crippen molar-refractivity contribution in [3.63, 3.8) is 0 Å². The Morgan fingerprint density at radius 2 is 1.86 bits per heavy atom. The van der Waals surface area contributed by atoms with Gasteiger partial charge < -0.3 is 5.32 Å². The van der Waals surface area contributed by atoms with E-state index in [-0.39, 0.29) is 11.3 Å². The predicted molar refractivity (Wildman–Crippen MR) is 94.3 cm³/mol. The topological polar surface area (TPSA) is 29.1 Å². The molecular formula is C16H12Cl2INO. The molecule has 0 spiro atoms. The average molecular weight is 432 g/mol. The molecule has 5 heteroatoms. The largest absolute Gasteiger partial charge is 0.352 e. The van der Waals surface area contributed by atoms with Crippen LogP contribution in [0.5, 0.6) is 0 Å². The first-order valence-corrected chi connectivity index (χ1v) is 8.45. The van der Waals surface area contributed by atoms with Crippen LogP contribution in [0.25, 0.3) is 0 Å². The summed E-state index contributed by atoms with van der Waals surface area (Å²) in [6.07, 6.45) is 0.865. The van der Waals surface area contributed by atoms with Crippen LogP contribution in [0.1, 0.15) is 32.4 Å². The molecule has 1 N–H and O–H groups in total. The van der Waals surface area contributed by atoms with E-state index >= 15 is 0 Å². The van der Waals surface area contributed by atoms with Gasteiger partial charge in [-0.25, -0.2) is 0 Å². The van der Waals surface area contributed by atoms with Crippen LogP contribution in [0.4, 0.5) is 0 Å². The van der Waals surface area contributed by atoms with Gasteiger partial charge in [-0.1, -0.05) is 29.8 Å². The second-order valence-corrected chi connectivity index (χ2v) is 6.96. The van der Waals surface area contributed by atoms with Crippen LogP contribution >= 0.6 is 45.8 Å². The van der Waals surface area contributed by atoms with E-state index in [1.54, 1.807) is 0 Å². The zero-order valence-electron chi connectivity index (χ0n) is 11.0. The van der Waals surface area contributed by atoms with Gasteiger partial charge in [-0.2, -0.15) is 0 Å². The van der Waals surface area contributed by atoms with Gasteiger partial charge in [-0.3, -0.25) is 4.79 Å². The van der Waals surface area contributed by atoms with Crippen LogP contribution in [-0.4, -0.2) is 12.5 Å². The lowest BCUT2D eigenvalue weighted by molar-refractivity contribution is 0.0946. The Bertz CT molecular complexity index is 717. The molecule has 1 unspecified atom stereocenters. The van der Waals surface area contributed by atoms with E-state index < -0.39 is 0 Å². The summed E-state index contributed by atoms with van der Waals surface area (Å²) < 4.78 is 0.992. The van der Waals surface area contributed by atoms with Crippen molar-refractivity contribution >= 4 is 51.7 Å². The van der Waals surface area contributed by atoms with Crippen molar-refractivity contribution in [2.45, 2.75) is 11.8 Å². The Morgan fingerprint density at radius 1 is 1.14 bits per heavy atom. The molecule has 0 aromatic heterocycles. The molecule has 21 heavy (non-hydrogen) atoms. The number of rotatable bonds is 2. The Balaban J connectivity index is 1.98. The summed E-state index contributed by atoms with van der Waals surface area (Å²) in [5, 5.41) is 3.23. The Kier molecular flexibility index (Phi) is 4.43. The maximum atomic E-state index is 11.9. The zero-order valence-corrected chi connectivity index (χ0v) is 14.7. The molecule has 1 heterocycles. The number of nitrogens with one attached hydrogen (secondary N) is 1. The van der Waals surface area contributed by atoms with Gasteiger partial charge in [0, 0.05) is 15.7 Å². The van der Waals surface area contributed by atoms with Crippen LogP contribution in [0, 0.1) is 3.57 Å². The Hall–Kier alpha value is -0.780. The number of amides is 1. The maximum absolute atomic E-state index is 11.9. The second kappa shape index (κ2) is 6.15. The van der Waals surface area contributed by atoms with E-state index in [1.807, 2.05) is 36.4 Å². The van der Waals surface area contributed by atoms with Crippen molar-refractivity contribution < 1.29 is 4.79 Å². The van der Waals surface area contributed by atoms with Gasteiger partial charge in [0.15, 0.2) is 0 Å². The molecule has 0 bridgehead atoms. The lowest BCUT2D eigenvalue weighted by Gasteiger charge is -2.19. The van der Waals surface area contributed by atoms with Crippen molar-refractivity contribution in [2.75, 3.05) is 6.54 Å². The number of hydrogen-bond donors (Lipinski definition) is 1. The van der Waals surface area contributed by atoms with Crippen LogP contribution in [-0.2, 0) is 6.42 Å². The monoisotopic (exact) mass is 431 g/mol. The summed E-state index contributed by atoms with van der Waals surface area (Å²) >= 11 is 14.9. The Labute approximate surface area is 147 Å². The van der Waals surface area contributed by atoms with Crippen LogP contribution in [0.15, 0.2) is 36.4 Å². The van der Waals surface area contributed by atoms with E-state index in [9.17, 15) is 4.79 Å². The molecule has 2 nitrogen and oxygen atoms in total. The fourth-order valence-corrected chi connectivity index (χ4v) is 3.25. The van der Waals surface area contributed by atoms with E-state index in [2.05, 4.69) is 27.9 Å². The van der Waals surface area contributed by atoms with Gasteiger partial charge in [0.25, 0.3) is 5.91 Å². The maximum Gasteiger partial charge on any atom is 0.251 e. The summed E-state index contributed by atoms with van der Waals surface area (Å²) in [5.41, 5.74) is 3.64. The van der Waals surface area contributed by atoms with Gasteiger partial charge in [0.2, 0.25) is 0 Å². The lowest BCUT2D eigenvalue weighted by Crippen LogP contribution is -2.31. The highest BCUT2D eigenvalue weighted by Crippen LogP contribution is 2.33. The fourth-order valence-electron chi connectivity index (χ4n) is 2.45. The molecule has 0 fully saturated rings. The zero-order chi connectivity index (χ0) is 15.0. The molecule has 1 amide bonds. The summed E-state index contributed by atoms with van der Waals surface area (Å²) in [5.74, 6) is -0.0254. The molecule has 0 saturated heterocycles. The number of carbonyl (C=O) groups excluding carboxylic acids is 1. The average Bonchev–Trinajstić information content (AvgIpc) is 2.49. The lowest BCUT2D eigenvalue weighted by atomic mass is 9.95. The molecule has 0 saturated carbocycles. The molecule has 2 aromatic carbocycles. The fraction of sp³-hybridized carbons (Fsp3) is 0.188. The highest BCUT2D eigenvalue weighted by Gasteiger charge is 2.19. The summed E-state index contributed by atoms with van der Waals surface area (Å²) in [7, 11) is 0. The van der Waals surface area contributed by atoms with Crippen LogP contribution in [0.3, 0.4) is 0 Å². The van der Waals surface area contributed by atoms with Gasteiger partial charge >= 0.3 is 0 Å². The van der Waals surface area contributed by atoms with Crippen molar-refractivity contribution in [1.82, 2.24) is 5.32 Å². The number of fused-ring (bicyclic) bond motifs is 1. The molecule has 0 aliphatic carbocycles. The van der Waals surface area contributed by atoms with E-state index in [0.717, 1.165) is 32.2 Å². The Morgan fingerprint density at radius 3 is 2.62 bits per heavy atom. The van der Waals surface area contributed by atoms with E-state index in [0.29, 0.717) is 11.6 Å². The third kappa shape index (κ3) is 3.05. The first-order chi connectivity index (χ1) is 10.1. The minimum Gasteiger partial charge on any atom is -0.352 e. The minimum absolute atomic E-state index is 0.0254. The van der Waals surface area contributed by atoms with Crippen molar-refractivity contribution in [3.8, 4) is 0 Å². The first kappa shape index (κ1) is 15.1. The van der Waals surface area contributed by atoms with Crippen molar-refractivity contribution in [2.24, 2.45) is 0 Å². The summed E-state index contributed by atoms with van der Waals surface area (Å²) in [6, 6.07) is 11.6. The molecule has 1 aliphatic rings. The van der Waals surface area contributed by atoms with Crippen molar-refractivity contribution in [1.29, 1.82) is 0 Å². The summed E-state index contributed by atoms with van der Waals surface area (Å²) in [4.78, 5) is 11.9. The standard InChI is InChI=1S/C16H12Cl2INO/c17-13-8-11(3-4-14(13)19)15(18)10-2-1-9-5-6-20-16(21)12(9)7-10/h1-4,7-8,15H,5-6H2,(H,20,21). The molecule has 1 atom stereocenters. The highest BCUT2D eigenvalue weighted by molar-refractivity contribution is 14.1. The minimum atomic E-state index is -0.320. The molecule has 3 rings (SSSR count). The molecule has 2 aromatic rings. The molecule has 0 radical (unpaired) electrons. The van der Waals surface area contributed by atoms with Gasteiger partial charge in [0.1, 0.15) is 0 Å². The highest BCUT2D eigenvalue weighted by atomic mass is 127. The number of hydrogen-bond acceptors (Lipinski definition) is 1. The van der Waals surface area contributed by atoms with Crippen LogP contribution in [0.2, 0.25) is 5.02 Å². The van der Waals surface area contributed by atoms with Crippen LogP contribution < -0.4 is 5.32 Å². The number of halogens is 3. The van der Waals surface area contributed by atoms with E-state index in [1.165, 1.54) is 0 Å². The smallest absolute Gasteiger partial charge is 0.251 e. The predicted octanol–water partition coefficient (Wildman–Crippen LogP) is 4.56. The molecular weight excluding hydrogens is 420 g/mol. The van der Waals surface area contributed by atoms with Gasteiger partial charge in [-0.15, -0.1) is 11.6 Å². The normalized spacial score (nSPS) is 15.3. The SMILES string of the molecule is O=C1NCCc2ccc(C(Cl)c3ccc(I)c(Cl)c3)cc21. The molecule has 1 aliphatic heterocycles. The van der Waals surface area contributed by atoms with Crippen molar-refractivity contribution in [3.05, 3.63) is 67.2 Å². The quantitative estimate of drug-likeness (QED) is 0.548. The first-order valence-electron chi connectivity index (χ1n) is 6.56. The third-order valence-corrected chi connectivity index (χ3v) is 5.66. The third-order valence-electron chi connectivity index (χ3n) is 3.59.